The molecule has 176 valence electrons. The maximum absolute atomic E-state index is 11.8. The summed E-state index contributed by atoms with van der Waals surface area (Å²) in [5.41, 5.74) is 0.0410. The van der Waals surface area contributed by atoms with E-state index in [0.29, 0.717) is 43.2 Å². The summed E-state index contributed by atoms with van der Waals surface area (Å²) in [6, 6.07) is 6.29. The van der Waals surface area contributed by atoms with Crippen molar-refractivity contribution in [2.75, 3.05) is 19.3 Å². The first-order chi connectivity index (χ1) is 14.9. The molecule has 1 aromatic heterocycles. The first-order valence-corrected chi connectivity index (χ1v) is 12.3. The van der Waals surface area contributed by atoms with Crippen LogP contribution in [-0.2, 0) is 24.1 Å². The molecule has 0 spiro atoms. The Morgan fingerprint density at radius 2 is 1.81 bits per heavy atom. The predicted octanol–water partition coefficient (Wildman–Crippen LogP) is 3.55. The SMILES string of the molecule is CC(OC1CCN(OC(=O)OC(C)(C)C)CC1)c1nc(-c2ccc(S(C)(=O)=O)cc2)no1. The summed E-state index contributed by atoms with van der Waals surface area (Å²) in [4.78, 5) is 21.6. The van der Waals surface area contributed by atoms with Crippen LogP contribution in [0.4, 0.5) is 4.79 Å². The van der Waals surface area contributed by atoms with Crippen molar-refractivity contribution < 1.29 is 32.0 Å². The number of hydrogen-bond donors (Lipinski definition) is 0. The highest BCUT2D eigenvalue weighted by molar-refractivity contribution is 7.90. The molecule has 32 heavy (non-hydrogen) atoms. The Morgan fingerprint density at radius 3 is 2.38 bits per heavy atom. The lowest BCUT2D eigenvalue weighted by Gasteiger charge is -2.31. The van der Waals surface area contributed by atoms with Crippen LogP contribution in [0.5, 0.6) is 0 Å². The lowest BCUT2D eigenvalue weighted by atomic mass is 10.1. The van der Waals surface area contributed by atoms with Gasteiger partial charge < -0.3 is 18.8 Å². The Morgan fingerprint density at radius 1 is 1.19 bits per heavy atom. The van der Waals surface area contributed by atoms with Crippen LogP contribution in [0.1, 0.15) is 52.5 Å². The van der Waals surface area contributed by atoms with Gasteiger partial charge in [-0.15, -0.1) is 5.06 Å². The van der Waals surface area contributed by atoms with E-state index in [1.165, 1.54) is 12.1 Å². The number of ether oxygens (including phenoxy) is 2. The monoisotopic (exact) mass is 467 g/mol. The van der Waals surface area contributed by atoms with Crippen molar-refractivity contribution in [2.45, 2.75) is 63.2 Å². The van der Waals surface area contributed by atoms with Gasteiger partial charge in [-0.05, 0) is 64.8 Å². The lowest BCUT2D eigenvalue weighted by molar-refractivity contribution is -0.169. The maximum Gasteiger partial charge on any atom is 0.528 e. The molecule has 2 heterocycles. The van der Waals surface area contributed by atoms with Crippen LogP contribution in [-0.4, -0.2) is 60.8 Å². The van der Waals surface area contributed by atoms with E-state index in [1.807, 2.05) is 6.92 Å². The van der Waals surface area contributed by atoms with Gasteiger partial charge in [-0.25, -0.2) is 13.2 Å². The highest BCUT2D eigenvalue weighted by Crippen LogP contribution is 2.25. The fraction of sp³-hybridized carbons (Fsp3) is 0.571. The van der Waals surface area contributed by atoms with Gasteiger partial charge in [0.1, 0.15) is 11.7 Å². The number of piperidine rings is 1. The van der Waals surface area contributed by atoms with Crippen LogP contribution in [0.3, 0.4) is 0 Å². The van der Waals surface area contributed by atoms with Gasteiger partial charge in [0, 0.05) is 24.9 Å². The molecule has 11 heteroatoms. The number of hydroxylamine groups is 2. The second kappa shape index (κ2) is 9.55. The fourth-order valence-corrected chi connectivity index (χ4v) is 3.78. The highest BCUT2D eigenvalue weighted by Gasteiger charge is 2.28. The summed E-state index contributed by atoms with van der Waals surface area (Å²) in [6.07, 6.45) is 1.31. The van der Waals surface area contributed by atoms with E-state index in [2.05, 4.69) is 10.1 Å². The third-order valence-electron chi connectivity index (χ3n) is 4.72. The zero-order valence-electron chi connectivity index (χ0n) is 18.9. The quantitative estimate of drug-likeness (QED) is 0.583. The number of carbonyl (C=O) groups excluding carboxylic acids is 1. The third kappa shape index (κ3) is 6.75. The van der Waals surface area contributed by atoms with E-state index in [4.69, 9.17) is 18.8 Å². The standard InChI is InChI=1S/C21H29N3O7S/c1-14(28-16-10-12-24(13-11-16)31-20(25)29-21(2,3)4)19-22-18(23-30-19)15-6-8-17(9-7-15)32(5,26)27/h6-9,14,16H,10-13H2,1-5H3. The van der Waals surface area contributed by atoms with Crippen LogP contribution in [0, 0.1) is 0 Å². The molecular weight excluding hydrogens is 438 g/mol. The minimum Gasteiger partial charge on any atom is -0.427 e. The molecule has 1 aromatic carbocycles. The number of rotatable bonds is 6. The van der Waals surface area contributed by atoms with Crippen LogP contribution in [0.25, 0.3) is 11.4 Å². The van der Waals surface area contributed by atoms with Crippen LogP contribution in [0.2, 0.25) is 0 Å². The van der Waals surface area contributed by atoms with Crippen molar-refractivity contribution in [1.29, 1.82) is 0 Å². The lowest BCUT2D eigenvalue weighted by Crippen LogP contribution is -2.40. The number of sulfone groups is 1. The van der Waals surface area contributed by atoms with Gasteiger partial charge >= 0.3 is 6.16 Å². The number of carbonyl (C=O) groups is 1. The van der Waals surface area contributed by atoms with Crippen molar-refractivity contribution in [1.82, 2.24) is 15.2 Å². The fourth-order valence-electron chi connectivity index (χ4n) is 3.15. The molecule has 0 bridgehead atoms. The second-order valence-corrected chi connectivity index (χ2v) is 10.7. The van der Waals surface area contributed by atoms with Gasteiger partial charge in [0.25, 0.3) is 5.89 Å². The maximum atomic E-state index is 11.8. The molecule has 0 aliphatic carbocycles. The Hall–Kier alpha value is -2.50. The van der Waals surface area contributed by atoms with E-state index in [1.54, 1.807) is 38.0 Å². The summed E-state index contributed by atoms with van der Waals surface area (Å²) >= 11 is 0. The van der Waals surface area contributed by atoms with E-state index in [-0.39, 0.29) is 11.0 Å². The van der Waals surface area contributed by atoms with Crippen LogP contribution >= 0.6 is 0 Å². The molecule has 1 fully saturated rings. The van der Waals surface area contributed by atoms with Crippen LogP contribution < -0.4 is 0 Å². The van der Waals surface area contributed by atoms with Gasteiger partial charge in [0.2, 0.25) is 5.82 Å². The van der Waals surface area contributed by atoms with Crippen molar-refractivity contribution >= 4 is 16.0 Å². The third-order valence-corrected chi connectivity index (χ3v) is 5.85. The van der Waals surface area contributed by atoms with E-state index in [0.717, 1.165) is 6.26 Å². The number of aromatic nitrogens is 2. The average Bonchev–Trinajstić information content (AvgIpc) is 3.18. The zero-order chi connectivity index (χ0) is 23.5. The Balaban J connectivity index is 1.51. The summed E-state index contributed by atoms with van der Waals surface area (Å²) in [5, 5.41) is 5.54. The first kappa shape index (κ1) is 24.1. The number of nitrogens with zero attached hydrogens (tertiary/aromatic N) is 3. The minimum atomic E-state index is -3.27. The summed E-state index contributed by atoms with van der Waals surface area (Å²) in [7, 11) is -3.27. The minimum absolute atomic E-state index is 0.0483. The first-order valence-electron chi connectivity index (χ1n) is 10.4. The van der Waals surface area contributed by atoms with E-state index < -0.39 is 27.7 Å². The largest absolute Gasteiger partial charge is 0.528 e. The molecule has 10 nitrogen and oxygen atoms in total. The average molecular weight is 468 g/mol. The molecule has 1 aliphatic heterocycles. The second-order valence-electron chi connectivity index (χ2n) is 8.72. The predicted molar refractivity (Wildman–Crippen MR) is 114 cm³/mol. The normalized spacial score (nSPS) is 17.2. The molecule has 1 unspecified atom stereocenters. The molecule has 3 rings (SSSR count). The Labute approximate surface area is 187 Å². The Bertz CT molecular complexity index is 1020. The topological polar surface area (TPSA) is 121 Å². The zero-order valence-corrected chi connectivity index (χ0v) is 19.7. The molecule has 1 aliphatic rings. The number of benzene rings is 1. The molecule has 0 radical (unpaired) electrons. The molecule has 1 atom stereocenters. The van der Waals surface area contributed by atoms with Gasteiger partial charge in [-0.2, -0.15) is 4.98 Å². The summed E-state index contributed by atoms with van der Waals surface area (Å²) in [5.74, 6) is 0.690. The summed E-state index contributed by atoms with van der Waals surface area (Å²) in [6.45, 7) is 8.22. The molecule has 0 saturated carbocycles. The van der Waals surface area contributed by atoms with Crippen LogP contribution in [0.15, 0.2) is 33.7 Å². The molecule has 2 aromatic rings. The molecule has 1 saturated heterocycles. The van der Waals surface area contributed by atoms with Crippen molar-refractivity contribution in [3.05, 3.63) is 30.2 Å². The van der Waals surface area contributed by atoms with Gasteiger partial charge in [0.05, 0.1) is 11.0 Å². The summed E-state index contributed by atoms with van der Waals surface area (Å²) < 4.78 is 39.7. The smallest absolute Gasteiger partial charge is 0.427 e. The van der Waals surface area contributed by atoms with E-state index in [9.17, 15) is 13.2 Å². The molecule has 0 N–H and O–H groups in total. The number of hydrogen-bond acceptors (Lipinski definition) is 10. The molecular formula is C21H29N3O7S. The highest BCUT2D eigenvalue weighted by atomic mass is 32.2. The van der Waals surface area contributed by atoms with Gasteiger partial charge in [-0.3, -0.25) is 0 Å². The molecule has 0 amide bonds. The van der Waals surface area contributed by atoms with Crippen molar-refractivity contribution in [3.63, 3.8) is 0 Å². The Kier molecular flexibility index (Phi) is 7.21. The van der Waals surface area contributed by atoms with E-state index >= 15 is 0 Å². The van der Waals surface area contributed by atoms with Gasteiger partial charge in [0.15, 0.2) is 9.84 Å². The van der Waals surface area contributed by atoms with Gasteiger partial charge in [-0.1, -0.05) is 5.16 Å². The van der Waals surface area contributed by atoms with Crippen molar-refractivity contribution in [3.8, 4) is 11.4 Å². The van der Waals surface area contributed by atoms with Crippen molar-refractivity contribution in [2.24, 2.45) is 0 Å².